The van der Waals surface area contributed by atoms with E-state index in [1.807, 2.05) is 13.8 Å². The number of phenols is 2. The van der Waals surface area contributed by atoms with Crippen LogP contribution in [0.2, 0.25) is 0 Å². The summed E-state index contributed by atoms with van der Waals surface area (Å²) in [6.07, 6.45) is -17.1. The summed E-state index contributed by atoms with van der Waals surface area (Å²) in [5.74, 6) is -3.99. The molecule has 2 aromatic carbocycles. The second-order valence-electron chi connectivity index (χ2n) is 11.7. The predicted molar refractivity (Wildman–Crippen MR) is 152 cm³/mol. The van der Waals surface area contributed by atoms with E-state index in [0.717, 1.165) is 11.1 Å². The second-order valence-corrected chi connectivity index (χ2v) is 11.7. The van der Waals surface area contributed by atoms with Gasteiger partial charge in [-0.2, -0.15) is 0 Å². The molecule has 2 fully saturated rings. The number of benzene rings is 2. The van der Waals surface area contributed by atoms with E-state index in [-0.39, 0.29) is 34.8 Å². The topological polar surface area (TPSA) is 273 Å². The van der Waals surface area contributed by atoms with Crippen LogP contribution in [-0.4, -0.2) is 124 Å². The number of aliphatic hydroxyl groups excluding tert-OH is 6. The molecular weight excluding hydrogens is 616 g/mol. The van der Waals surface area contributed by atoms with Gasteiger partial charge in [0.2, 0.25) is 12.6 Å². The number of carbonyl (C=O) groups is 2. The first kappa shape index (κ1) is 35.1. The minimum atomic E-state index is -1.88. The Balaban J connectivity index is 1.34. The predicted octanol–water partition coefficient (Wildman–Crippen LogP) is -1.30. The van der Waals surface area contributed by atoms with Crippen LogP contribution in [0.3, 0.4) is 0 Å². The zero-order valence-corrected chi connectivity index (χ0v) is 24.7. The summed E-state index contributed by atoms with van der Waals surface area (Å²) in [6.45, 7) is 3.96. The van der Waals surface area contributed by atoms with E-state index in [9.17, 15) is 60.7 Å². The summed E-state index contributed by atoms with van der Waals surface area (Å²) in [5, 5.41) is 99.4. The van der Waals surface area contributed by atoms with Crippen molar-refractivity contribution in [3.05, 3.63) is 47.5 Å². The largest absolute Gasteiger partial charge is 0.504 e. The monoisotopic (exact) mass is 654 g/mol. The van der Waals surface area contributed by atoms with Crippen LogP contribution in [0.1, 0.15) is 25.0 Å². The molecule has 2 aliphatic heterocycles. The SMILES string of the molecule is C[C@H](Cc1ccc(O[C@@H]2O[C@H](C(=O)O)[C@@H](O)[C@H](O)[C@H]2O)c(O)c1)[C@@H](C)Cc1ccc(O[C@@H]2OC(C(=O)O)[C@@H](O)[C@H](O)[C@H]2O)c(O)c1. The van der Waals surface area contributed by atoms with Gasteiger partial charge in [0.1, 0.15) is 36.6 Å². The molecule has 254 valence electrons. The Morgan fingerprint density at radius 1 is 0.630 bits per heavy atom. The van der Waals surface area contributed by atoms with Crippen molar-refractivity contribution >= 4 is 11.9 Å². The average molecular weight is 655 g/mol. The van der Waals surface area contributed by atoms with Crippen molar-refractivity contribution in [3.63, 3.8) is 0 Å². The Bertz CT molecular complexity index is 1280. The molecule has 12 atom stereocenters. The van der Waals surface area contributed by atoms with Gasteiger partial charge in [0.15, 0.2) is 35.2 Å². The van der Waals surface area contributed by atoms with Gasteiger partial charge >= 0.3 is 11.9 Å². The molecular formula is C30H38O16. The van der Waals surface area contributed by atoms with Crippen molar-refractivity contribution in [2.24, 2.45) is 11.8 Å². The fourth-order valence-corrected chi connectivity index (χ4v) is 5.27. The normalized spacial score (nSPS) is 32.7. The molecule has 10 N–H and O–H groups in total. The summed E-state index contributed by atoms with van der Waals surface area (Å²) in [5.41, 5.74) is 1.44. The van der Waals surface area contributed by atoms with Crippen molar-refractivity contribution < 1.29 is 79.6 Å². The van der Waals surface area contributed by atoms with Crippen LogP contribution in [0, 0.1) is 11.8 Å². The number of hydrogen-bond acceptors (Lipinski definition) is 14. The molecule has 0 radical (unpaired) electrons. The number of aliphatic hydroxyl groups is 6. The number of aromatic hydroxyl groups is 2. The minimum Gasteiger partial charge on any atom is -0.504 e. The molecule has 2 heterocycles. The fraction of sp³-hybridized carbons (Fsp3) is 0.533. The maximum Gasteiger partial charge on any atom is 0.335 e. The van der Waals surface area contributed by atoms with Gasteiger partial charge in [0.05, 0.1) is 0 Å². The maximum atomic E-state index is 11.3. The first-order valence-corrected chi connectivity index (χ1v) is 14.4. The van der Waals surface area contributed by atoms with Gasteiger partial charge in [-0.15, -0.1) is 0 Å². The maximum absolute atomic E-state index is 11.3. The molecule has 2 aromatic rings. The smallest absolute Gasteiger partial charge is 0.335 e. The zero-order valence-electron chi connectivity index (χ0n) is 24.7. The number of rotatable bonds is 11. The van der Waals surface area contributed by atoms with Crippen LogP contribution in [0.25, 0.3) is 0 Å². The van der Waals surface area contributed by atoms with E-state index >= 15 is 0 Å². The van der Waals surface area contributed by atoms with Gasteiger partial charge in [-0.3, -0.25) is 0 Å². The Morgan fingerprint density at radius 3 is 1.28 bits per heavy atom. The van der Waals surface area contributed by atoms with Crippen molar-refractivity contribution in [1.82, 2.24) is 0 Å². The molecule has 0 aliphatic carbocycles. The van der Waals surface area contributed by atoms with E-state index in [0.29, 0.717) is 12.8 Å². The summed E-state index contributed by atoms with van der Waals surface area (Å²) in [7, 11) is 0. The van der Waals surface area contributed by atoms with Crippen molar-refractivity contribution in [3.8, 4) is 23.0 Å². The highest BCUT2D eigenvalue weighted by Crippen LogP contribution is 2.35. The third kappa shape index (κ3) is 7.62. The lowest BCUT2D eigenvalue weighted by molar-refractivity contribution is -0.271. The van der Waals surface area contributed by atoms with Gasteiger partial charge in [-0.05, 0) is 60.1 Å². The van der Waals surface area contributed by atoms with E-state index in [2.05, 4.69) is 0 Å². The minimum absolute atomic E-state index is 0.0485. The molecule has 1 unspecified atom stereocenters. The van der Waals surface area contributed by atoms with Gasteiger partial charge in [-0.25, -0.2) is 9.59 Å². The lowest BCUT2D eigenvalue weighted by Gasteiger charge is -2.38. The molecule has 16 heteroatoms. The van der Waals surface area contributed by atoms with Crippen molar-refractivity contribution in [2.45, 2.75) is 88.1 Å². The highest BCUT2D eigenvalue weighted by molar-refractivity contribution is 5.74. The van der Waals surface area contributed by atoms with Crippen LogP contribution in [-0.2, 0) is 31.9 Å². The van der Waals surface area contributed by atoms with Crippen molar-refractivity contribution in [2.75, 3.05) is 0 Å². The van der Waals surface area contributed by atoms with Crippen LogP contribution in [0.15, 0.2) is 36.4 Å². The summed E-state index contributed by atoms with van der Waals surface area (Å²) in [4.78, 5) is 22.6. The molecule has 2 aliphatic rings. The Kier molecular flexibility index (Phi) is 11.0. The van der Waals surface area contributed by atoms with Gasteiger partial charge in [0, 0.05) is 0 Å². The molecule has 2 saturated heterocycles. The quantitative estimate of drug-likeness (QED) is 0.135. The van der Waals surface area contributed by atoms with Crippen LogP contribution in [0.5, 0.6) is 23.0 Å². The van der Waals surface area contributed by atoms with Gasteiger partial charge < -0.3 is 70.0 Å². The van der Waals surface area contributed by atoms with Crippen LogP contribution < -0.4 is 9.47 Å². The molecule has 16 nitrogen and oxygen atoms in total. The standard InChI is InChI=1S/C30H38O16/c1-11(7-13-3-5-17(15(31)9-13)43-29-23(37)19(33)21(35)25(45-29)27(39)40)12(2)8-14-4-6-18(16(32)10-14)44-30-24(38)20(34)22(36)26(46-30)28(41)42/h3-6,9-12,19-26,29-38H,7-8H2,1-2H3,(H,39,40)(H,41,42)/t11-,12+,19-,20-,21-,22-,23+,24+,25?,26-,29+,30+/m0/s1. The molecule has 0 saturated carbocycles. The second kappa shape index (κ2) is 14.4. The molecule has 4 rings (SSSR count). The Hall–Kier alpha value is -3.74. The lowest BCUT2D eigenvalue weighted by Crippen LogP contribution is -2.61. The number of hydrogen-bond donors (Lipinski definition) is 10. The third-order valence-corrected chi connectivity index (χ3v) is 8.25. The molecule has 0 aromatic heterocycles. The van der Waals surface area contributed by atoms with Crippen molar-refractivity contribution in [1.29, 1.82) is 0 Å². The highest BCUT2D eigenvalue weighted by atomic mass is 16.7. The molecule has 0 bridgehead atoms. The molecule has 0 spiro atoms. The first-order chi connectivity index (χ1) is 21.6. The van der Waals surface area contributed by atoms with Gasteiger partial charge in [0.25, 0.3) is 0 Å². The summed E-state index contributed by atoms with van der Waals surface area (Å²) >= 11 is 0. The first-order valence-electron chi connectivity index (χ1n) is 14.4. The molecule has 46 heavy (non-hydrogen) atoms. The molecule has 0 amide bonds. The number of carboxylic acids is 2. The van der Waals surface area contributed by atoms with E-state index in [1.165, 1.54) is 24.3 Å². The average Bonchev–Trinajstić information content (AvgIpc) is 2.99. The highest BCUT2D eigenvalue weighted by Gasteiger charge is 2.49. The van der Waals surface area contributed by atoms with E-state index < -0.39 is 73.4 Å². The lowest BCUT2D eigenvalue weighted by atomic mass is 9.85. The number of ether oxygens (including phenoxy) is 4. The Morgan fingerprint density at radius 2 is 0.978 bits per heavy atom. The van der Waals surface area contributed by atoms with Crippen LogP contribution in [0.4, 0.5) is 0 Å². The van der Waals surface area contributed by atoms with E-state index in [4.69, 9.17) is 18.9 Å². The zero-order chi connectivity index (χ0) is 34.0. The number of carboxylic acid groups (broad SMARTS) is 2. The summed E-state index contributed by atoms with van der Waals surface area (Å²) < 4.78 is 21.0. The van der Waals surface area contributed by atoms with Gasteiger partial charge in [-0.1, -0.05) is 26.0 Å². The fourth-order valence-electron chi connectivity index (χ4n) is 5.27. The number of aliphatic carboxylic acids is 2. The van der Waals surface area contributed by atoms with Crippen LogP contribution >= 0.6 is 0 Å². The third-order valence-electron chi connectivity index (χ3n) is 8.25. The Labute approximate surface area is 262 Å². The number of phenolic OH excluding ortho intramolecular Hbond substituents is 2. The summed E-state index contributed by atoms with van der Waals surface area (Å²) in [6, 6.07) is 8.95. The van der Waals surface area contributed by atoms with E-state index in [1.54, 1.807) is 12.1 Å².